The molecule has 4 nitrogen and oxygen atoms in total. The third-order valence-electron chi connectivity index (χ3n) is 4.33. The molecule has 0 aliphatic heterocycles. The lowest BCUT2D eigenvalue weighted by atomic mass is 9.98. The monoisotopic (exact) mass is 378 g/mol. The van der Waals surface area contributed by atoms with Crippen molar-refractivity contribution in [2.45, 2.75) is 19.6 Å². The number of phenolic OH excluding ortho intramolecular Hbond substituents is 1. The molecule has 2 N–H and O–H groups in total. The zero-order valence-corrected chi connectivity index (χ0v) is 15.1. The van der Waals surface area contributed by atoms with E-state index < -0.39 is 22.9 Å². The lowest BCUT2D eigenvalue weighted by Crippen LogP contribution is -3.04. The maximum absolute atomic E-state index is 13.6. The zero-order valence-electron chi connectivity index (χ0n) is 15.1. The van der Waals surface area contributed by atoms with E-state index in [1.807, 2.05) is 14.1 Å². The lowest BCUT2D eigenvalue weighted by Gasteiger charge is -2.16. The highest BCUT2D eigenvalue weighted by molar-refractivity contribution is 5.87. The molecular weight excluding hydrogens is 359 g/mol. The molecule has 0 saturated heterocycles. The maximum atomic E-state index is 13.6. The molecule has 7 heteroatoms. The molecule has 142 valence electrons. The van der Waals surface area contributed by atoms with E-state index in [2.05, 4.69) is 0 Å². The fraction of sp³-hybridized carbons (Fsp3) is 0.250. The Kier molecular flexibility index (Phi) is 4.73. The van der Waals surface area contributed by atoms with Gasteiger partial charge in [-0.1, -0.05) is 30.3 Å². The Hall–Kier alpha value is -2.80. The molecule has 0 saturated carbocycles. The van der Waals surface area contributed by atoms with Crippen LogP contribution in [0.2, 0.25) is 0 Å². The van der Waals surface area contributed by atoms with Crippen LogP contribution in [0.5, 0.6) is 5.75 Å². The van der Waals surface area contributed by atoms with Crippen LogP contribution in [0, 0.1) is 6.92 Å². The van der Waals surface area contributed by atoms with Crippen LogP contribution < -0.4 is 10.3 Å². The average Bonchev–Trinajstić information content (AvgIpc) is 2.59. The minimum Gasteiger partial charge on any atom is -0.507 e. The Morgan fingerprint density at radius 1 is 1.15 bits per heavy atom. The number of halogens is 3. The second kappa shape index (κ2) is 6.74. The zero-order chi connectivity index (χ0) is 19.9. The molecule has 1 heterocycles. The smallest absolute Gasteiger partial charge is 0.450 e. The van der Waals surface area contributed by atoms with Crippen molar-refractivity contribution in [3.63, 3.8) is 0 Å². The number of hydrogen-bond acceptors (Lipinski definition) is 3. The van der Waals surface area contributed by atoms with Gasteiger partial charge in [-0.2, -0.15) is 13.2 Å². The number of alkyl halides is 3. The van der Waals surface area contributed by atoms with E-state index in [1.165, 1.54) is 25.1 Å². The molecule has 2 aromatic carbocycles. The molecule has 3 aromatic rings. The molecular formula is C20H19F3NO3+. The topological polar surface area (TPSA) is 54.9 Å². The van der Waals surface area contributed by atoms with Crippen molar-refractivity contribution in [2.24, 2.45) is 0 Å². The van der Waals surface area contributed by atoms with Gasteiger partial charge >= 0.3 is 6.18 Å². The molecule has 0 unspecified atom stereocenters. The van der Waals surface area contributed by atoms with Gasteiger partial charge in [-0.05, 0) is 18.6 Å². The molecule has 0 fully saturated rings. The van der Waals surface area contributed by atoms with Crippen LogP contribution in [0.25, 0.3) is 22.1 Å². The van der Waals surface area contributed by atoms with Gasteiger partial charge in [0.25, 0.3) is 0 Å². The summed E-state index contributed by atoms with van der Waals surface area (Å²) in [5.74, 6) is -1.52. The van der Waals surface area contributed by atoms with E-state index in [9.17, 15) is 23.1 Å². The number of benzene rings is 2. The second-order valence-corrected chi connectivity index (χ2v) is 6.77. The summed E-state index contributed by atoms with van der Waals surface area (Å²) in [5, 5.41) is 10.4. The Labute approximate surface area is 153 Å². The lowest BCUT2D eigenvalue weighted by molar-refractivity contribution is -0.872. The van der Waals surface area contributed by atoms with Crippen LogP contribution in [0.4, 0.5) is 13.2 Å². The van der Waals surface area contributed by atoms with Crippen molar-refractivity contribution in [1.29, 1.82) is 0 Å². The van der Waals surface area contributed by atoms with Crippen molar-refractivity contribution in [3.05, 3.63) is 63.5 Å². The van der Waals surface area contributed by atoms with Gasteiger partial charge in [-0.3, -0.25) is 4.79 Å². The molecule has 0 bridgehead atoms. The van der Waals surface area contributed by atoms with Crippen LogP contribution in [0.3, 0.4) is 0 Å². The number of nitrogens with one attached hydrogen (secondary N) is 1. The van der Waals surface area contributed by atoms with Gasteiger partial charge in [0.2, 0.25) is 11.2 Å². The van der Waals surface area contributed by atoms with Gasteiger partial charge in [0.05, 0.1) is 25.0 Å². The molecule has 0 spiro atoms. The van der Waals surface area contributed by atoms with Crippen LogP contribution in [-0.2, 0) is 12.7 Å². The maximum Gasteiger partial charge on any atom is 0.450 e. The molecule has 0 amide bonds. The van der Waals surface area contributed by atoms with Crippen molar-refractivity contribution < 1.29 is 27.6 Å². The number of fused-ring (bicyclic) bond motifs is 1. The molecule has 0 aliphatic carbocycles. The molecule has 3 rings (SSSR count). The van der Waals surface area contributed by atoms with Crippen molar-refractivity contribution in [1.82, 2.24) is 0 Å². The normalized spacial score (nSPS) is 12.1. The minimum absolute atomic E-state index is 0.0217. The number of phenols is 1. The van der Waals surface area contributed by atoms with Gasteiger partial charge in [0.15, 0.2) is 0 Å². The highest BCUT2D eigenvalue weighted by atomic mass is 19.4. The van der Waals surface area contributed by atoms with Crippen LogP contribution in [0.1, 0.15) is 16.9 Å². The highest BCUT2D eigenvalue weighted by Gasteiger charge is 2.39. The predicted octanol–water partition coefficient (Wildman–Crippen LogP) is 3.14. The first-order chi connectivity index (χ1) is 12.6. The fourth-order valence-electron chi connectivity index (χ4n) is 3.13. The van der Waals surface area contributed by atoms with Crippen LogP contribution in [-0.4, -0.2) is 19.2 Å². The second-order valence-electron chi connectivity index (χ2n) is 6.77. The first-order valence-corrected chi connectivity index (χ1v) is 8.35. The Morgan fingerprint density at radius 2 is 1.78 bits per heavy atom. The Morgan fingerprint density at radius 3 is 2.33 bits per heavy atom. The number of rotatable bonds is 3. The third kappa shape index (κ3) is 3.42. The molecule has 27 heavy (non-hydrogen) atoms. The SMILES string of the molecule is Cc1c(O)c(C[NH+](C)C)cc2c(=O)c(-c3ccccc3)c(C(F)(F)F)oc12. The molecule has 1 aromatic heterocycles. The van der Waals surface area contributed by atoms with E-state index in [0.29, 0.717) is 12.1 Å². The number of aromatic hydroxyl groups is 1. The minimum atomic E-state index is -4.85. The van der Waals surface area contributed by atoms with Crippen LogP contribution >= 0.6 is 0 Å². The van der Waals surface area contributed by atoms with Gasteiger partial charge in [0.1, 0.15) is 17.9 Å². The van der Waals surface area contributed by atoms with Crippen molar-refractivity contribution in [2.75, 3.05) is 14.1 Å². The Bertz CT molecular complexity index is 1050. The summed E-state index contributed by atoms with van der Waals surface area (Å²) in [4.78, 5) is 14.0. The summed E-state index contributed by atoms with van der Waals surface area (Å²) >= 11 is 0. The van der Waals surface area contributed by atoms with E-state index in [-0.39, 0.29) is 27.8 Å². The first kappa shape index (κ1) is 19.0. The Balaban J connectivity index is 2.45. The summed E-state index contributed by atoms with van der Waals surface area (Å²) in [5.41, 5.74) is -0.818. The summed E-state index contributed by atoms with van der Waals surface area (Å²) in [6.07, 6.45) is -4.85. The highest BCUT2D eigenvalue weighted by Crippen LogP contribution is 2.39. The average molecular weight is 378 g/mol. The van der Waals surface area contributed by atoms with Gasteiger partial charge in [0, 0.05) is 11.1 Å². The quantitative estimate of drug-likeness (QED) is 0.736. The van der Waals surface area contributed by atoms with E-state index >= 15 is 0 Å². The van der Waals surface area contributed by atoms with E-state index in [0.717, 1.165) is 4.90 Å². The number of hydrogen-bond donors (Lipinski definition) is 2. The standard InChI is InChI=1S/C20H18F3NO3/c1-11-16(25)13(10-24(2)3)9-14-17(26)15(12-7-5-4-6-8-12)19(20(21,22)23)27-18(11)14/h4-9,25H,10H2,1-3H3/p+1. The van der Waals surface area contributed by atoms with Gasteiger partial charge in [-0.15, -0.1) is 0 Å². The summed E-state index contributed by atoms with van der Waals surface area (Å²) < 4.78 is 46.1. The van der Waals surface area contributed by atoms with Crippen molar-refractivity contribution >= 4 is 11.0 Å². The van der Waals surface area contributed by atoms with Crippen molar-refractivity contribution in [3.8, 4) is 16.9 Å². The van der Waals surface area contributed by atoms with Gasteiger partial charge in [-0.25, -0.2) is 0 Å². The third-order valence-corrected chi connectivity index (χ3v) is 4.33. The molecule has 0 aliphatic rings. The van der Waals surface area contributed by atoms with E-state index in [1.54, 1.807) is 18.2 Å². The summed E-state index contributed by atoms with van der Waals surface area (Å²) in [6, 6.07) is 9.06. The molecule has 0 atom stereocenters. The number of quaternary nitrogens is 1. The summed E-state index contributed by atoms with van der Waals surface area (Å²) in [7, 11) is 3.73. The first-order valence-electron chi connectivity index (χ1n) is 8.35. The summed E-state index contributed by atoms with van der Waals surface area (Å²) in [6.45, 7) is 1.85. The van der Waals surface area contributed by atoms with E-state index in [4.69, 9.17) is 4.42 Å². The largest absolute Gasteiger partial charge is 0.507 e. The predicted molar refractivity (Wildman–Crippen MR) is 95.8 cm³/mol. The fourth-order valence-corrected chi connectivity index (χ4v) is 3.13. The number of aryl methyl sites for hydroxylation is 1. The van der Waals surface area contributed by atoms with Gasteiger partial charge < -0.3 is 14.4 Å². The molecule has 0 radical (unpaired) electrons. The van der Waals surface area contributed by atoms with Crippen LogP contribution in [0.15, 0.2) is 45.6 Å².